The number of hydrazine groups is 1. The van der Waals surface area contributed by atoms with E-state index in [9.17, 15) is 4.79 Å². The molecule has 3 atom stereocenters. The maximum Gasteiger partial charge on any atom is 0.189 e. The first-order chi connectivity index (χ1) is 14.6. The first kappa shape index (κ1) is 21.9. The van der Waals surface area contributed by atoms with Crippen molar-refractivity contribution in [2.24, 2.45) is 11.3 Å². The average Bonchev–Trinajstić information content (AvgIpc) is 3.09. The number of hydrogen-bond acceptors (Lipinski definition) is 3. The minimum Gasteiger partial charge on any atom is -0.340 e. The fourth-order valence-electron chi connectivity index (χ4n) is 4.96. The lowest BCUT2D eigenvalue weighted by molar-refractivity contribution is 0.147. The van der Waals surface area contributed by atoms with Crippen LogP contribution < -0.4 is 10.9 Å². The molecule has 4 rings (SSSR count). The van der Waals surface area contributed by atoms with Crippen molar-refractivity contribution in [3.8, 4) is 0 Å². The van der Waals surface area contributed by atoms with E-state index in [1.165, 1.54) is 24.0 Å². The molecule has 1 aromatic heterocycles. The van der Waals surface area contributed by atoms with Crippen LogP contribution >= 0.6 is 0 Å². The fraction of sp³-hybridized carbons (Fsp3) is 0.519. The lowest BCUT2D eigenvalue weighted by Crippen LogP contribution is -2.47. The molecule has 0 amide bonds. The van der Waals surface area contributed by atoms with Crippen molar-refractivity contribution in [1.29, 1.82) is 0 Å². The summed E-state index contributed by atoms with van der Waals surface area (Å²) in [5.74, 6) is 0.733. The van der Waals surface area contributed by atoms with E-state index >= 15 is 0 Å². The largest absolute Gasteiger partial charge is 0.340 e. The fourth-order valence-corrected chi connectivity index (χ4v) is 4.96. The van der Waals surface area contributed by atoms with Gasteiger partial charge in [0.25, 0.3) is 0 Å². The number of hydrogen-bond donors (Lipinski definition) is 1. The Bertz CT molecular complexity index is 1050. The minimum absolute atomic E-state index is 0.0485. The number of allylic oxidation sites excluding steroid dienone is 3. The summed E-state index contributed by atoms with van der Waals surface area (Å²) in [6, 6.07) is 2.27. The zero-order chi connectivity index (χ0) is 22.5. The summed E-state index contributed by atoms with van der Waals surface area (Å²) in [6.07, 6.45) is 12.2. The van der Waals surface area contributed by atoms with Crippen LogP contribution in [0, 0.1) is 11.3 Å². The molecule has 0 aromatic carbocycles. The molecule has 3 unspecified atom stereocenters. The zero-order valence-corrected chi connectivity index (χ0v) is 20.0. The first-order valence-corrected chi connectivity index (χ1v) is 11.7. The second-order valence-electron chi connectivity index (χ2n) is 10.6. The van der Waals surface area contributed by atoms with Crippen LogP contribution in [0.2, 0.25) is 0 Å². The van der Waals surface area contributed by atoms with E-state index in [0.717, 1.165) is 35.8 Å². The Labute approximate surface area is 187 Å². The van der Waals surface area contributed by atoms with Crippen molar-refractivity contribution in [2.75, 3.05) is 6.54 Å². The molecule has 3 heterocycles. The van der Waals surface area contributed by atoms with E-state index in [2.05, 4.69) is 74.4 Å². The summed E-state index contributed by atoms with van der Waals surface area (Å²) in [7, 11) is 0. The highest BCUT2D eigenvalue weighted by molar-refractivity contribution is 5.75. The van der Waals surface area contributed by atoms with E-state index in [-0.39, 0.29) is 22.9 Å². The number of rotatable bonds is 5. The van der Waals surface area contributed by atoms with Crippen LogP contribution in [0.15, 0.2) is 53.0 Å². The van der Waals surface area contributed by atoms with Crippen LogP contribution in [0.1, 0.15) is 78.1 Å². The summed E-state index contributed by atoms with van der Waals surface area (Å²) in [4.78, 5) is 12.9. The van der Waals surface area contributed by atoms with Crippen molar-refractivity contribution < 1.29 is 0 Å². The molecule has 1 N–H and O–H groups in total. The Hall–Kier alpha value is -2.33. The lowest BCUT2D eigenvalue weighted by Gasteiger charge is -2.43. The predicted molar refractivity (Wildman–Crippen MR) is 130 cm³/mol. The third kappa shape index (κ3) is 3.87. The third-order valence-electron chi connectivity index (χ3n) is 7.19. The number of nitrogens with zero attached hydrogens (tertiary/aromatic N) is 2. The number of fused-ring (bicyclic) bond motifs is 4. The van der Waals surface area contributed by atoms with Gasteiger partial charge in [-0.3, -0.25) is 4.79 Å². The van der Waals surface area contributed by atoms with Crippen LogP contribution in [0.5, 0.6) is 0 Å². The highest BCUT2D eigenvalue weighted by Gasteiger charge is 2.42. The van der Waals surface area contributed by atoms with Gasteiger partial charge in [0, 0.05) is 23.4 Å². The van der Waals surface area contributed by atoms with E-state index < -0.39 is 0 Å². The van der Waals surface area contributed by atoms with Crippen molar-refractivity contribution in [2.45, 2.75) is 72.9 Å². The molecule has 0 saturated carbocycles. The lowest BCUT2D eigenvalue weighted by atomic mass is 9.83. The smallest absolute Gasteiger partial charge is 0.189 e. The van der Waals surface area contributed by atoms with Crippen LogP contribution in [0.3, 0.4) is 0 Å². The van der Waals surface area contributed by atoms with E-state index in [0.29, 0.717) is 5.56 Å². The average molecular weight is 420 g/mol. The Balaban J connectivity index is 1.81. The zero-order valence-electron chi connectivity index (χ0n) is 20.0. The van der Waals surface area contributed by atoms with Crippen LogP contribution in [-0.2, 0) is 0 Å². The van der Waals surface area contributed by atoms with Crippen molar-refractivity contribution in [1.82, 2.24) is 15.0 Å². The Kier molecular flexibility index (Phi) is 5.63. The van der Waals surface area contributed by atoms with Gasteiger partial charge in [-0.2, -0.15) is 0 Å². The molecule has 3 aliphatic rings. The predicted octanol–water partition coefficient (Wildman–Crippen LogP) is 5.70. The molecule has 1 aliphatic carbocycles. The molecule has 4 nitrogen and oxygen atoms in total. The SMILES string of the molecule is C=C(C)c1cn2c(cc1=O)C1=C3C=CC=C(CCC(C)CC)C3NN1CC2C(C)(C)C. The van der Waals surface area contributed by atoms with Gasteiger partial charge in [0.2, 0.25) is 0 Å². The van der Waals surface area contributed by atoms with Gasteiger partial charge in [-0.25, -0.2) is 5.43 Å². The molecule has 1 aromatic rings. The highest BCUT2D eigenvalue weighted by Crippen LogP contribution is 2.44. The Morgan fingerprint density at radius 1 is 1.35 bits per heavy atom. The Morgan fingerprint density at radius 2 is 2.10 bits per heavy atom. The molecular weight excluding hydrogens is 382 g/mol. The molecule has 0 bridgehead atoms. The van der Waals surface area contributed by atoms with Gasteiger partial charge in [-0.1, -0.05) is 65.8 Å². The maximum atomic E-state index is 12.9. The molecule has 31 heavy (non-hydrogen) atoms. The third-order valence-corrected chi connectivity index (χ3v) is 7.19. The second kappa shape index (κ2) is 7.98. The second-order valence-corrected chi connectivity index (χ2v) is 10.6. The van der Waals surface area contributed by atoms with Crippen LogP contribution in [0.4, 0.5) is 0 Å². The highest BCUT2D eigenvalue weighted by atomic mass is 16.1. The van der Waals surface area contributed by atoms with Crippen LogP contribution in [0.25, 0.3) is 11.3 Å². The topological polar surface area (TPSA) is 37.3 Å². The maximum absolute atomic E-state index is 12.9. The number of nitrogens with one attached hydrogen (secondary N) is 1. The molecule has 0 saturated heterocycles. The van der Waals surface area contributed by atoms with Gasteiger partial charge in [0.15, 0.2) is 5.43 Å². The molecule has 0 fully saturated rings. The van der Waals surface area contributed by atoms with E-state index in [4.69, 9.17) is 0 Å². The van der Waals surface area contributed by atoms with Gasteiger partial charge in [0.1, 0.15) is 0 Å². The van der Waals surface area contributed by atoms with Gasteiger partial charge < -0.3 is 9.58 Å². The van der Waals surface area contributed by atoms with Crippen molar-refractivity contribution in [3.63, 3.8) is 0 Å². The van der Waals surface area contributed by atoms with E-state index in [1.807, 2.05) is 19.2 Å². The van der Waals surface area contributed by atoms with Gasteiger partial charge in [-0.05, 0) is 42.2 Å². The molecule has 0 spiro atoms. The van der Waals surface area contributed by atoms with Gasteiger partial charge in [0.05, 0.1) is 30.0 Å². The molecule has 2 aliphatic heterocycles. The van der Waals surface area contributed by atoms with E-state index in [1.54, 1.807) is 0 Å². The molecule has 0 radical (unpaired) electrons. The number of pyridine rings is 1. The Morgan fingerprint density at radius 3 is 2.74 bits per heavy atom. The summed E-state index contributed by atoms with van der Waals surface area (Å²) in [6.45, 7) is 18.3. The molecule has 4 heteroatoms. The monoisotopic (exact) mass is 419 g/mol. The summed E-state index contributed by atoms with van der Waals surface area (Å²) < 4.78 is 2.33. The van der Waals surface area contributed by atoms with Gasteiger partial charge >= 0.3 is 0 Å². The summed E-state index contributed by atoms with van der Waals surface area (Å²) >= 11 is 0. The number of aromatic nitrogens is 1. The molecule has 166 valence electrons. The van der Waals surface area contributed by atoms with Gasteiger partial charge in [-0.15, -0.1) is 0 Å². The summed E-state index contributed by atoms with van der Waals surface area (Å²) in [5, 5.41) is 2.30. The van der Waals surface area contributed by atoms with Crippen molar-refractivity contribution >= 4 is 11.3 Å². The quantitative estimate of drug-likeness (QED) is 0.665. The van der Waals surface area contributed by atoms with Crippen molar-refractivity contribution in [3.05, 3.63) is 69.7 Å². The standard InChI is InChI=1S/C27H37N3O/c1-8-18(4)12-13-19-10-9-11-20-25(19)28-30-16-24(27(5,6)7)29-15-21(17(2)3)23(31)14-22(29)26(20)30/h9-11,14-15,18,24-25,28H,2,8,12-13,16H2,1,3-7H3. The molecular formula is C27H37N3O. The minimum atomic E-state index is 0.0485. The van der Waals surface area contributed by atoms with Crippen LogP contribution in [-0.4, -0.2) is 22.2 Å². The first-order valence-electron chi connectivity index (χ1n) is 11.7. The summed E-state index contributed by atoms with van der Waals surface area (Å²) in [5.41, 5.74) is 10.3. The normalized spacial score (nSPS) is 23.3.